The minimum absolute atomic E-state index is 0.00963. The summed E-state index contributed by atoms with van der Waals surface area (Å²) in [5.74, 6) is 0. The number of para-hydroxylation sites is 1. The second-order valence-corrected chi connectivity index (χ2v) is 33.4. The van der Waals surface area contributed by atoms with Crippen LogP contribution in [0.2, 0.25) is 0 Å². The van der Waals surface area contributed by atoms with Crippen LogP contribution in [0.15, 0.2) is 144 Å². The maximum atomic E-state index is 6.93. The summed E-state index contributed by atoms with van der Waals surface area (Å²) >= 11 is 0. The Kier molecular flexibility index (Phi) is 11.1. The molecule has 0 spiro atoms. The Hall–Kier alpha value is -6.98. The number of anilines is 8. The lowest BCUT2D eigenvalue weighted by molar-refractivity contribution is 0.195. The van der Waals surface area contributed by atoms with Crippen molar-refractivity contribution in [3.63, 3.8) is 0 Å². The maximum absolute atomic E-state index is 6.93. The van der Waals surface area contributed by atoms with Crippen LogP contribution in [0.5, 0.6) is 0 Å². The summed E-state index contributed by atoms with van der Waals surface area (Å²) in [5.41, 5.74) is 30.0. The normalized spacial score (nSPS) is 23.4. The van der Waals surface area contributed by atoms with Gasteiger partial charge < -0.3 is 19.1 Å². The van der Waals surface area contributed by atoms with E-state index in [9.17, 15) is 0 Å². The lowest BCUT2D eigenvalue weighted by Crippen LogP contribution is -2.62. The fourth-order valence-electron chi connectivity index (χ4n) is 18.9. The molecule has 1 saturated carbocycles. The average Bonchev–Trinajstić information content (AvgIpc) is 1.58. The molecule has 5 heteroatoms. The molecular weight excluding hydrogens is 1050 g/mol. The van der Waals surface area contributed by atoms with Crippen LogP contribution >= 0.6 is 0 Å². The van der Waals surface area contributed by atoms with Gasteiger partial charge in [-0.3, -0.25) is 0 Å². The van der Waals surface area contributed by atoms with E-state index in [2.05, 4.69) is 272 Å². The van der Waals surface area contributed by atoms with Gasteiger partial charge in [0, 0.05) is 61.4 Å². The lowest BCUT2D eigenvalue weighted by Gasteiger charge is -2.52. The number of hydrogen-bond acceptors (Lipinski definition) is 4. The number of furan rings is 1. The van der Waals surface area contributed by atoms with Gasteiger partial charge in [-0.05, 0) is 205 Å². The van der Waals surface area contributed by atoms with Gasteiger partial charge in [0.05, 0.1) is 16.6 Å². The molecule has 0 amide bonds. The summed E-state index contributed by atoms with van der Waals surface area (Å²) in [6.07, 6.45) is 9.34. The summed E-state index contributed by atoms with van der Waals surface area (Å²) in [6, 6.07) is 56.5. The fourth-order valence-corrected chi connectivity index (χ4v) is 18.9. The molecule has 7 aliphatic rings. The third kappa shape index (κ3) is 7.32. The van der Waals surface area contributed by atoms with E-state index in [1.54, 1.807) is 0 Å². The van der Waals surface area contributed by atoms with Crippen molar-refractivity contribution in [1.29, 1.82) is 0 Å². The third-order valence-electron chi connectivity index (χ3n) is 24.7. The lowest BCUT2D eigenvalue weighted by atomic mass is 9.32. The SMILES string of the molecule is CC(C)(C)c1ccc2c(c1)C1(C)CCCCC1(C)N2c1cc2c3c(c1)N(c1cccc4oc5ccccc5c14)c1cc4c(cc1B3c1cc3c(cc1N2c1ccc2c(c1)C(C)(C)CCC2(C)C)C(C)(C)CCC3(C)C)C(C)(C)c1ccccc1C4(C)C. The van der Waals surface area contributed by atoms with E-state index in [0.717, 1.165) is 59.7 Å². The largest absolute Gasteiger partial charge is 0.456 e. The van der Waals surface area contributed by atoms with Crippen LogP contribution < -0.4 is 31.1 Å². The van der Waals surface area contributed by atoms with Crippen LogP contribution in [-0.4, -0.2) is 12.3 Å². The van der Waals surface area contributed by atoms with Gasteiger partial charge in [0.1, 0.15) is 11.2 Å². The summed E-state index contributed by atoms with van der Waals surface area (Å²) < 4.78 is 6.93. The van der Waals surface area contributed by atoms with Gasteiger partial charge in [0.2, 0.25) is 0 Å². The van der Waals surface area contributed by atoms with E-state index in [1.807, 2.05) is 0 Å². The molecule has 9 aromatic rings. The molecule has 0 radical (unpaired) electrons. The Morgan fingerprint density at radius 2 is 0.931 bits per heavy atom. The monoisotopic (exact) mass is 1140 g/mol. The summed E-state index contributed by atoms with van der Waals surface area (Å²) in [4.78, 5) is 8.42. The molecule has 16 rings (SSSR count). The van der Waals surface area contributed by atoms with Gasteiger partial charge in [-0.1, -0.05) is 202 Å². The first-order valence-corrected chi connectivity index (χ1v) is 33.2. The second-order valence-electron chi connectivity index (χ2n) is 33.4. The van der Waals surface area contributed by atoms with Crippen molar-refractivity contribution in [2.24, 2.45) is 0 Å². The first kappa shape index (κ1) is 55.3. The van der Waals surface area contributed by atoms with Gasteiger partial charge in [0.15, 0.2) is 0 Å². The number of nitrogens with zero attached hydrogens (tertiary/aromatic N) is 3. The molecule has 4 heterocycles. The van der Waals surface area contributed by atoms with E-state index in [0.29, 0.717) is 0 Å². The van der Waals surface area contributed by atoms with Gasteiger partial charge in [-0.25, -0.2) is 0 Å². The highest BCUT2D eigenvalue weighted by molar-refractivity contribution is 7.00. The van der Waals surface area contributed by atoms with Gasteiger partial charge in [0.25, 0.3) is 6.71 Å². The number of fused-ring (bicyclic) bond motifs is 14. The van der Waals surface area contributed by atoms with Crippen molar-refractivity contribution >= 4 is 90.5 Å². The molecule has 87 heavy (non-hydrogen) atoms. The average molecular weight is 1140 g/mol. The zero-order valence-corrected chi connectivity index (χ0v) is 55.3. The summed E-state index contributed by atoms with van der Waals surface area (Å²) in [5, 5.41) is 2.29. The Morgan fingerprint density at radius 3 is 1.60 bits per heavy atom. The van der Waals surface area contributed by atoms with Crippen molar-refractivity contribution in [2.45, 2.75) is 218 Å². The molecule has 1 aromatic heterocycles. The Bertz CT molecular complexity index is 4480. The first-order chi connectivity index (χ1) is 41.0. The van der Waals surface area contributed by atoms with E-state index in [4.69, 9.17) is 4.42 Å². The highest BCUT2D eigenvalue weighted by Crippen LogP contribution is 2.63. The molecule has 2 unspecified atom stereocenters. The predicted molar refractivity (Wildman–Crippen MR) is 371 cm³/mol. The van der Waals surface area contributed by atoms with Gasteiger partial charge in [-0.15, -0.1) is 0 Å². The van der Waals surface area contributed by atoms with Crippen LogP contribution in [0.25, 0.3) is 21.9 Å². The summed E-state index contributed by atoms with van der Waals surface area (Å²) in [7, 11) is 0. The Morgan fingerprint density at radius 1 is 0.391 bits per heavy atom. The molecule has 2 atom stereocenters. The Labute approximate surface area is 519 Å². The first-order valence-electron chi connectivity index (χ1n) is 33.2. The minimum atomic E-state index is -0.278. The van der Waals surface area contributed by atoms with Crippen LogP contribution in [0.4, 0.5) is 45.5 Å². The molecular formula is C82H90BN3O. The molecule has 0 bridgehead atoms. The van der Waals surface area contributed by atoms with Crippen molar-refractivity contribution in [3.8, 4) is 0 Å². The molecule has 8 aromatic carbocycles. The van der Waals surface area contributed by atoms with Crippen molar-refractivity contribution in [2.75, 3.05) is 14.7 Å². The second kappa shape index (κ2) is 17.5. The highest BCUT2D eigenvalue weighted by Gasteiger charge is 2.59. The molecule has 4 aliphatic carbocycles. The number of rotatable bonds is 3. The molecule has 1 fully saturated rings. The minimum Gasteiger partial charge on any atom is -0.456 e. The highest BCUT2D eigenvalue weighted by atomic mass is 16.3. The van der Waals surface area contributed by atoms with Crippen molar-refractivity contribution in [1.82, 2.24) is 0 Å². The molecule has 442 valence electrons. The van der Waals surface area contributed by atoms with E-state index >= 15 is 0 Å². The van der Waals surface area contributed by atoms with Crippen LogP contribution in [-0.2, 0) is 43.3 Å². The quantitative estimate of drug-likeness (QED) is 0.164. The Balaban J connectivity index is 1.09. The van der Waals surface area contributed by atoms with Crippen molar-refractivity contribution < 1.29 is 4.42 Å². The molecule has 4 nitrogen and oxygen atoms in total. The topological polar surface area (TPSA) is 22.9 Å². The van der Waals surface area contributed by atoms with Gasteiger partial charge in [-0.2, -0.15) is 0 Å². The molecule has 0 N–H and O–H groups in total. The van der Waals surface area contributed by atoms with Crippen molar-refractivity contribution in [3.05, 3.63) is 195 Å². The molecule has 0 saturated heterocycles. The third-order valence-corrected chi connectivity index (χ3v) is 24.7. The van der Waals surface area contributed by atoms with E-state index < -0.39 is 0 Å². The van der Waals surface area contributed by atoms with Crippen LogP contribution in [0.1, 0.15) is 225 Å². The summed E-state index contributed by atoms with van der Waals surface area (Å²) in [6.45, 7) is 42.3. The molecule has 3 aliphatic heterocycles. The fraction of sp³-hybridized carbons (Fsp3) is 0.415. The number of hydrogen-bond donors (Lipinski definition) is 0. The van der Waals surface area contributed by atoms with E-state index in [-0.39, 0.29) is 55.6 Å². The number of benzene rings is 8. The van der Waals surface area contributed by atoms with Crippen LogP contribution in [0.3, 0.4) is 0 Å². The zero-order chi connectivity index (χ0) is 60.9. The van der Waals surface area contributed by atoms with Crippen LogP contribution in [0, 0.1) is 0 Å². The van der Waals surface area contributed by atoms with E-state index in [1.165, 1.54) is 131 Å². The standard InChI is InChI=1S/C82H90BN3O/c1-74(2,3)49-31-34-64-61(41-49)81(16)35-22-23-36-82(81,17)86(64)51-43-68-73-69(44-51)85(65-28-24-30-71-72(65)52-25-18-21-29-70(52)87-71)67-48-60-59(79(12,13)54-26-19-20-27-55(54)80(60,14)15)46-63(67)83(73)62-45-57-58(78(10,11)40-39-77(57,8)9)47-66(62)84(68)50-32-33-53-56(42-50)76(6,7)38-37-75(53,4)5/h18-21,24-34,41-48H,22-23,35-40H2,1-17H3. The zero-order valence-electron chi connectivity index (χ0n) is 55.3. The predicted octanol–water partition coefficient (Wildman–Crippen LogP) is 20.4. The van der Waals surface area contributed by atoms with Gasteiger partial charge >= 0.3 is 0 Å². The smallest absolute Gasteiger partial charge is 0.252 e. The maximum Gasteiger partial charge on any atom is 0.252 e.